The van der Waals surface area contributed by atoms with Gasteiger partial charge >= 0.3 is 0 Å². The standard InChI is InChI=1S/C13H13N3OS/c1-17-10-4-2-3-5-11(10)18-12-8-16-7-6-9(12)13(14)15/h2-8H,1H3,(H3,14,15). The molecule has 0 aliphatic heterocycles. The summed E-state index contributed by atoms with van der Waals surface area (Å²) < 4.78 is 5.29. The molecular weight excluding hydrogens is 246 g/mol. The average Bonchev–Trinajstić information content (AvgIpc) is 2.40. The molecule has 4 nitrogen and oxygen atoms in total. The zero-order chi connectivity index (χ0) is 13.0. The lowest BCUT2D eigenvalue weighted by atomic mass is 10.2. The fraction of sp³-hybridized carbons (Fsp3) is 0.0769. The molecule has 0 saturated heterocycles. The van der Waals surface area contributed by atoms with Crippen LogP contribution >= 0.6 is 11.8 Å². The van der Waals surface area contributed by atoms with Crippen LogP contribution < -0.4 is 10.5 Å². The molecule has 1 aromatic heterocycles. The third-order valence-corrected chi connectivity index (χ3v) is 3.47. The summed E-state index contributed by atoms with van der Waals surface area (Å²) in [5, 5.41) is 7.55. The minimum Gasteiger partial charge on any atom is -0.496 e. The largest absolute Gasteiger partial charge is 0.496 e. The number of para-hydroxylation sites is 1. The van der Waals surface area contributed by atoms with Crippen molar-refractivity contribution in [2.24, 2.45) is 5.73 Å². The van der Waals surface area contributed by atoms with Crippen molar-refractivity contribution in [1.82, 2.24) is 4.98 Å². The number of ether oxygens (including phenoxy) is 1. The number of hydrogen-bond acceptors (Lipinski definition) is 4. The SMILES string of the molecule is COc1ccccc1Sc1cnccc1C(=N)N. The summed E-state index contributed by atoms with van der Waals surface area (Å²) in [6, 6.07) is 9.44. The van der Waals surface area contributed by atoms with Crippen LogP contribution in [-0.2, 0) is 0 Å². The van der Waals surface area contributed by atoms with Gasteiger partial charge in [-0.15, -0.1) is 0 Å². The van der Waals surface area contributed by atoms with Crippen LogP contribution in [0, 0.1) is 5.41 Å². The third-order valence-electron chi connectivity index (χ3n) is 2.36. The van der Waals surface area contributed by atoms with Crippen LogP contribution in [0.2, 0.25) is 0 Å². The van der Waals surface area contributed by atoms with Crippen molar-refractivity contribution >= 4 is 17.6 Å². The van der Waals surface area contributed by atoms with E-state index in [1.807, 2.05) is 24.3 Å². The topological polar surface area (TPSA) is 72.0 Å². The van der Waals surface area contributed by atoms with Crippen molar-refractivity contribution in [3.05, 3.63) is 48.3 Å². The highest BCUT2D eigenvalue weighted by Gasteiger charge is 2.09. The van der Waals surface area contributed by atoms with E-state index in [0.29, 0.717) is 5.56 Å². The van der Waals surface area contributed by atoms with Crippen LogP contribution in [0.15, 0.2) is 52.5 Å². The van der Waals surface area contributed by atoms with Gasteiger partial charge in [0, 0.05) is 22.9 Å². The number of nitrogen functional groups attached to an aromatic ring is 1. The molecule has 0 fully saturated rings. The van der Waals surface area contributed by atoms with Crippen LogP contribution in [0.3, 0.4) is 0 Å². The number of hydrogen-bond donors (Lipinski definition) is 2. The Labute approximate surface area is 110 Å². The van der Waals surface area contributed by atoms with Crippen molar-refractivity contribution in [2.75, 3.05) is 7.11 Å². The molecule has 0 aliphatic carbocycles. The van der Waals surface area contributed by atoms with E-state index in [4.69, 9.17) is 15.9 Å². The van der Waals surface area contributed by atoms with Gasteiger partial charge in [-0.05, 0) is 18.2 Å². The van der Waals surface area contributed by atoms with Gasteiger partial charge in [-0.2, -0.15) is 0 Å². The van der Waals surface area contributed by atoms with E-state index in [9.17, 15) is 0 Å². The van der Waals surface area contributed by atoms with Gasteiger partial charge in [-0.1, -0.05) is 23.9 Å². The first-order valence-electron chi connectivity index (χ1n) is 5.31. The van der Waals surface area contributed by atoms with Crippen LogP contribution in [-0.4, -0.2) is 17.9 Å². The molecule has 0 unspecified atom stereocenters. The minimum atomic E-state index is 0.0368. The number of benzene rings is 1. The molecule has 2 aromatic rings. The molecule has 18 heavy (non-hydrogen) atoms. The zero-order valence-corrected chi connectivity index (χ0v) is 10.7. The molecule has 0 saturated carbocycles. The molecule has 0 atom stereocenters. The second-order valence-corrected chi connectivity index (χ2v) is 4.62. The molecule has 0 aliphatic rings. The molecule has 0 spiro atoms. The fourth-order valence-corrected chi connectivity index (χ4v) is 2.54. The maximum absolute atomic E-state index is 7.55. The Morgan fingerprint density at radius 3 is 2.78 bits per heavy atom. The highest BCUT2D eigenvalue weighted by molar-refractivity contribution is 7.99. The predicted molar refractivity (Wildman–Crippen MR) is 72.4 cm³/mol. The summed E-state index contributed by atoms with van der Waals surface area (Å²) in [7, 11) is 1.63. The predicted octanol–water partition coefficient (Wildman–Crippen LogP) is 2.53. The van der Waals surface area contributed by atoms with Crippen LogP contribution in [0.4, 0.5) is 0 Å². The van der Waals surface area contributed by atoms with Gasteiger partial charge in [0.1, 0.15) is 11.6 Å². The molecule has 0 amide bonds. The van der Waals surface area contributed by atoms with Gasteiger partial charge in [-0.3, -0.25) is 10.4 Å². The van der Waals surface area contributed by atoms with Gasteiger partial charge < -0.3 is 10.5 Å². The number of amidine groups is 1. The van der Waals surface area contributed by atoms with Gasteiger partial charge in [0.25, 0.3) is 0 Å². The summed E-state index contributed by atoms with van der Waals surface area (Å²) >= 11 is 1.49. The highest BCUT2D eigenvalue weighted by atomic mass is 32.2. The Morgan fingerprint density at radius 2 is 2.06 bits per heavy atom. The molecule has 1 aromatic carbocycles. The van der Waals surface area contributed by atoms with Gasteiger partial charge in [0.05, 0.1) is 12.0 Å². The Bertz CT molecular complexity index is 572. The summed E-state index contributed by atoms with van der Waals surface area (Å²) in [6.07, 6.45) is 3.33. The second kappa shape index (κ2) is 5.55. The number of nitrogens with one attached hydrogen (secondary N) is 1. The Morgan fingerprint density at radius 1 is 1.28 bits per heavy atom. The molecule has 92 valence electrons. The number of pyridine rings is 1. The van der Waals surface area contributed by atoms with E-state index in [2.05, 4.69) is 4.98 Å². The van der Waals surface area contributed by atoms with Crippen molar-refractivity contribution < 1.29 is 4.74 Å². The second-order valence-electron chi connectivity index (χ2n) is 3.54. The maximum atomic E-state index is 7.55. The fourth-order valence-electron chi connectivity index (χ4n) is 1.51. The van der Waals surface area contributed by atoms with E-state index in [-0.39, 0.29) is 5.84 Å². The number of rotatable bonds is 4. The summed E-state index contributed by atoms with van der Waals surface area (Å²) in [5.41, 5.74) is 6.23. The number of aromatic nitrogens is 1. The van der Waals surface area contributed by atoms with E-state index >= 15 is 0 Å². The Hall–Kier alpha value is -2.01. The Balaban J connectivity index is 2.37. The van der Waals surface area contributed by atoms with Crippen molar-refractivity contribution in [2.45, 2.75) is 9.79 Å². The van der Waals surface area contributed by atoms with Gasteiger partial charge in [0.2, 0.25) is 0 Å². The zero-order valence-electron chi connectivity index (χ0n) is 9.88. The number of nitrogens with zero attached hydrogens (tertiary/aromatic N) is 1. The number of nitrogens with two attached hydrogens (primary N) is 1. The van der Waals surface area contributed by atoms with Crippen molar-refractivity contribution in [1.29, 1.82) is 5.41 Å². The smallest absolute Gasteiger partial charge is 0.132 e. The molecule has 5 heteroatoms. The minimum absolute atomic E-state index is 0.0368. The van der Waals surface area contributed by atoms with Crippen LogP contribution in [0.25, 0.3) is 0 Å². The molecule has 1 heterocycles. The monoisotopic (exact) mass is 259 g/mol. The first kappa shape index (κ1) is 12.4. The van der Waals surface area contributed by atoms with Crippen LogP contribution in [0.1, 0.15) is 5.56 Å². The van der Waals surface area contributed by atoms with Crippen molar-refractivity contribution in [3.8, 4) is 5.75 Å². The maximum Gasteiger partial charge on any atom is 0.132 e. The van der Waals surface area contributed by atoms with Crippen LogP contribution in [0.5, 0.6) is 5.75 Å². The molecule has 0 radical (unpaired) electrons. The summed E-state index contributed by atoms with van der Waals surface area (Å²) in [6.45, 7) is 0. The van der Waals surface area contributed by atoms with Gasteiger partial charge in [-0.25, -0.2) is 0 Å². The highest BCUT2D eigenvalue weighted by Crippen LogP contribution is 2.35. The molecule has 3 N–H and O–H groups in total. The van der Waals surface area contributed by atoms with E-state index < -0.39 is 0 Å². The van der Waals surface area contributed by atoms with Gasteiger partial charge in [0.15, 0.2) is 0 Å². The number of methoxy groups -OCH3 is 1. The lowest BCUT2D eigenvalue weighted by Crippen LogP contribution is -2.12. The summed E-state index contributed by atoms with van der Waals surface area (Å²) in [4.78, 5) is 5.88. The Kier molecular flexibility index (Phi) is 3.84. The first-order chi connectivity index (χ1) is 8.72. The molecule has 0 bridgehead atoms. The van der Waals surface area contributed by atoms with E-state index in [1.165, 1.54) is 11.8 Å². The quantitative estimate of drug-likeness (QED) is 0.653. The third kappa shape index (κ3) is 2.62. The lowest BCUT2D eigenvalue weighted by Gasteiger charge is -2.10. The van der Waals surface area contributed by atoms with Crippen molar-refractivity contribution in [3.63, 3.8) is 0 Å². The first-order valence-corrected chi connectivity index (χ1v) is 6.13. The molecule has 2 rings (SSSR count). The normalized spacial score (nSPS) is 10.1. The van der Waals surface area contributed by atoms with E-state index in [0.717, 1.165) is 15.5 Å². The lowest BCUT2D eigenvalue weighted by molar-refractivity contribution is 0.405. The average molecular weight is 259 g/mol. The van der Waals surface area contributed by atoms with E-state index in [1.54, 1.807) is 25.6 Å². The molecular formula is C13H13N3OS. The summed E-state index contributed by atoms with van der Waals surface area (Å²) in [5.74, 6) is 0.829.